The highest BCUT2D eigenvalue weighted by atomic mass is 16.5. The van der Waals surface area contributed by atoms with Crippen molar-refractivity contribution >= 4 is 23.5 Å². The number of fused-ring (bicyclic) bond motifs is 1. The third kappa shape index (κ3) is 4.80. The lowest BCUT2D eigenvalue weighted by atomic mass is 9.81. The number of imide groups is 1. The van der Waals surface area contributed by atoms with Crippen molar-refractivity contribution in [1.29, 1.82) is 0 Å². The molecule has 3 aromatic rings. The first-order valence-corrected chi connectivity index (χ1v) is 11.9. The number of nitrogens with one attached hydrogen (secondary N) is 1. The molecule has 0 bridgehead atoms. The topological polar surface area (TPSA) is 109 Å². The van der Waals surface area contributed by atoms with E-state index in [0.29, 0.717) is 24.4 Å². The predicted molar refractivity (Wildman–Crippen MR) is 128 cm³/mol. The first-order valence-electron chi connectivity index (χ1n) is 11.9. The smallest absolute Gasteiger partial charge is 0.327 e. The molecule has 35 heavy (non-hydrogen) atoms. The first-order chi connectivity index (χ1) is 17.0. The van der Waals surface area contributed by atoms with Crippen LogP contribution in [0.5, 0.6) is 0 Å². The van der Waals surface area contributed by atoms with Crippen LogP contribution in [0.2, 0.25) is 0 Å². The van der Waals surface area contributed by atoms with E-state index in [1.54, 1.807) is 0 Å². The van der Waals surface area contributed by atoms with Crippen molar-refractivity contribution in [2.45, 2.75) is 45.2 Å². The van der Waals surface area contributed by atoms with Crippen molar-refractivity contribution in [3.63, 3.8) is 0 Å². The fourth-order valence-electron chi connectivity index (χ4n) is 4.93. The van der Waals surface area contributed by atoms with Gasteiger partial charge in [0.2, 0.25) is 23.5 Å². The number of hydrogen-bond acceptors (Lipinski definition) is 6. The molecule has 1 aliphatic heterocycles. The van der Waals surface area contributed by atoms with E-state index in [9.17, 15) is 14.4 Å². The highest BCUT2D eigenvalue weighted by Crippen LogP contribution is 2.35. The van der Waals surface area contributed by atoms with Crippen LogP contribution in [0.1, 0.15) is 37.1 Å². The number of carbonyl (C=O) groups is 3. The van der Waals surface area contributed by atoms with Gasteiger partial charge in [0.1, 0.15) is 13.1 Å². The monoisotopic (exact) mass is 473 g/mol. The highest BCUT2D eigenvalue weighted by Gasteiger charge is 2.47. The number of urea groups is 1. The second-order valence-corrected chi connectivity index (χ2v) is 9.09. The zero-order chi connectivity index (χ0) is 24.4. The van der Waals surface area contributed by atoms with E-state index >= 15 is 0 Å². The Morgan fingerprint density at radius 2 is 1.89 bits per heavy atom. The summed E-state index contributed by atoms with van der Waals surface area (Å²) >= 11 is 0. The van der Waals surface area contributed by atoms with Gasteiger partial charge >= 0.3 is 6.03 Å². The normalized spacial score (nSPS) is 20.0. The molecule has 4 amide bonds. The van der Waals surface area contributed by atoms with Gasteiger partial charge in [0.05, 0.1) is 5.92 Å². The van der Waals surface area contributed by atoms with Crippen molar-refractivity contribution in [3.8, 4) is 11.4 Å². The minimum Gasteiger partial charge on any atom is -0.337 e. The molecule has 2 unspecified atom stereocenters. The highest BCUT2D eigenvalue weighted by molar-refractivity contribution is 6.01. The van der Waals surface area contributed by atoms with Crippen LogP contribution < -0.4 is 5.32 Å². The van der Waals surface area contributed by atoms with Crippen LogP contribution in [0.25, 0.3) is 11.4 Å². The van der Waals surface area contributed by atoms with Gasteiger partial charge in [-0.1, -0.05) is 60.5 Å². The van der Waals surface area contributed by atoms with Gasteiger partial charge in [-0.3, -0.25) is 14.5 Å². The summed E-state index contributed by atoms with van der Waals surface area (Å²) in [6, 6.07) is 16.0. The molecule has 2 heterocycles. The summed E-state index contributed by atoms with van der Waals surface area (Å²) < 4.78 is 5.36. The van der Waals surface area contributed by atoms with Crippen molar-refractivity contribution in [1.82, 2.24) is 19.9 Å². The van der Waals surface area contributed by atoms with Crippen LogP contribution >= 0.6 is 0 Å². The van der Waals surface area contributed by atoms with Gasteiger partial charge in [-0.05, 0) is 37.5 Å². The number of anilines is 1. The molecule has 0 radical (unpaired) electrons. The average Bonchev–Trinajstić information content (AvgIpc) is 3.34. The van der Waals surface area contributed by atoms with E-state index in [0.717, 1.165) is 28.9 Å². The van der Waals surface area contributed by atoms with E-state index in [1.165, 1.54) is 4.90 Å². The van der Waals surface area contributed by atoms with Crippen LogP contribution in [0.15, 0.2) is 59.1 Å². The number of amides is 4. The summed E-state index contributed by atoms with van der Waals surface area (Å²) in [5.74, 6) is -0.322. The number of hydrogen-bond donors (Lipinski definition) is 1. The van der Waals surface area contributed by atoms with Crippen LogP contribution in [0.4, 0.5) is 10.5 Å². The molecule has 1 saturated carbocycles. The molecule has 1 aliphatic carbocycles. The Balaban J connectivity index is 1.35. The molecule has 2 aliphatic rings. The fourth-order valence-corrected chi connectivity index (χ4v) is 4.93. The second-order valence-electron chi connectivity index (χ2n) is 9.09. The quantitative estimate of drug-likeness (QED) is 0.580. The Kier molecular flexibility index (Phi) is 6.31. The number of carbonyl (C=O) groups excluding carboxylic acids is 3. The molecule has 5 rings (SSSR count). The van der Waals surface area contributed by atoms with Gasteiger partial charge in [-0.15, -0.1) is 0 Å². The summed E-state index contributed by atoms with van der Waals surface area (Å²) in [4.78, 5) is 46.7. The summed E-state index contributed by atoms with van der Waals surface area (Å²) in [6.45, 7) is 1.69. The van der Waals surface area contributed by atoms with E-state index in [4.69, 9.17) is 4.52 Å². The summed E-state index contributed by atoms with van der Waals surface area (Å²) in [7, 11) is 0. The molecule has 1 saturated heterocycles. The zero-order valence-corrected chi connectivity index (χ0v) is 19.5. The van der Waals surface area contributed by atoms with E-state index in [1.807, 2.05) is 61.5 Å². The van der Waals surface area contributed by atoms with Gasteiger partial charge in [0, 0.05) is 17.3 Å². The average molecular weight is 474 g/mol. The fraction of sp³-hybridized carbons (Fsp3) is 0.346. The molecule has 180 valence electrons. The lowest BCUT2D eigenvalue weighted by Crippen LogP contribution is -2.63. The van der Waals surface area contributed by atoms with Crippen LogP contribution in [-0.2, 0) is 16.1 Å². The van der Waals surface area contributed by atoms with Crippen LogP contribution in [0, 0.1) is 12.8 Å². The van der Waals surface area contributed by atoms with Crippen molar-refractivity contribution in [3.05, 3.63) is 66.1 Å². The Morgan fingerprint density at radius 1 is 1.09 bits per heavy atom. The number of benzene rings is 2. The zero-order valence-electron chi connectivity index (χ0n) is 19.5. The maximum absolute atomic E-state index is 13.5. The Labute approximate surface area is 203 Å². The standard InChI is InChI=1S/C26H27N5O4/c1-17-8-7-11-19(14-17)27-22(32)15-30-21-13-6-5-12-20(21)25(33)31(26(30)34)16-23-28-24(29-35-23)18-9-3-2-4-10-18/h2-4,7-11,14,20-21H,5-6,12-13,15-16H2,1H3,(H,27,32). The van der Waals surface area contributed by atoms with E-state index in [-0.39, 0.29) is 42.8 Å². The minimum absolute atomic E-state index is 0.128. The van der Waals surface area contributed by atoms with Gasteiger partial charge in [-0.2, -0.15) is 4.98 Å². The van der Waals surface area contributed by atoms with Gasteiger partial charge < -0.3 is 14.7 Å². The Bertz CT molecular complexity index is 1240. The van der Waals surface area contributed by atoms with Crippen LogP contribution in [0.3, 0.4) is 0 Å². The maximum Gasteiger partial charge on any atom is 0.327 e. The van der Waals surface area contributed by atoms with Crippen molar-refractivity contribution in [2.75, 3.05) is 11.9 Å². The van der Waals surface area contributed by atoms with E-state index in [2.05, 4.69) is 15.5 Å². The second kappa shape index (κ2) is 9.69. The molecule has 1 aromatic heterocycles. The summed E-state index contributed by atoms with van der Waals surface area (Å²) in [5, 5.41) is 6.86. The van der Waals surface area contributed by atoms with E-state index < -0.39 is 6.03 Å². The Morgan fingerprint density at radius 3 is 2.69 bits per heavy atom. The molecule has 1 N–H and O–H groups in total. The molecule has 2 aromatic carbocycles. The Hall–Kier alpha value is -4.01. The molecular formula is C26H27N5O4. The molecule has 0 spiro atoms. The molecular weight excluding hydrogens is 446 g/mol. The van der Waals surface area contributed by atoms with Crippen molar-refractivity contribution < 1.29 is 18.9 Å². The third-order valence-electron chi connectivity index (χ3n) is 6.60. The number of aryl methyl sites for hydroxylation is 1. The molecule has 2 atom stereocenters. The molecule has 9 heteroatoms. The summed E-state index contributed by atoms with van der Waals surface area (Å²) in [6.07, 6.45) is 3.22. The maximum atomic E-state index is 13.5. The third-order valence-corrected chi connectivity index (χ3v) is 6.60. The minimum atomic E-state index is -0.503. The molecule has 2 fully saturated rings. The lowest BCUT2D eigenvalue weighted by Gasteiger charge is -2.46. The van der Waals surface area contributed by atoms with Crippen molar-refractivity contribution in [2.24, 2.45) is 5.92 Å². The number of nitrogens with zero attached hydrogens (tertiary/aromatic N) is 4. The first kappa shape index (κ1) is 22.8. The molecule has 9 nitrogen and oxygen atoms in total. The lowest BCUT2D eigenvalue weighted by molar-refractivity contribution is -0.142. The summed E-state index contributed by atoms with van der Waals surface area (Å²) in [5.41, 5.74) is 2.47. The van der Waals surface area contributed by atoms with Gasteiger partial charge in [-0.25, -0.2) is 4.79 Å². The van der Waals surface area contributed by atoms with Gasteiger partial charge in [0.15, 0.2) is 0 Å². The predicted octanol–water partition coefficient (Wildman–Crippen LogP) is 4.01. The SMILES string of the molecule is Cc1cccc(NC(=O)CN2C(=O)N(Cc3nc(-c4ccccc4)no3)C(=O)C3CCCCC32)c1. The van der Waals surface area contributed by atoms with Gasteiger partial charge in [0.25, 0.3) is 0 Å². The van der Waals surface area contributed by atoms with Crippen LogP contribution in [-0.4, -0.2) is 50.4 Å². The number of aromatic nitrogens is 2. The number of rotatable bonds is 6. The largest absolute Gasteiger partial charge is 0.337 e.